The third kappa shape index (κ3) is 4.22. The quantitative estimate of drug-likeness (QED) is 0.816. The van der Waals surface area contributed by atoms with E-state index in [2.05, 4.69) is 9.88 Å². The Hall–Kier alpha value is -1.52. The number of fused-ring (bicyclic) bond motifs is 1. The summed E-state index contributed by atoms with van der Waals surface area (Å²) in [5, 5.41) is 1.50. The molecule has 0 radical (unpaired) electrons. The van der Waals surface area contributed by atoms with Crippen molar-refractivity contribution in [3.63, 3.8) is 0 Å². The van der Waals surface area contributed by atoms with E-state index in [-0.39, 0.29) is 6.10 Å². The Balaban J connectivity index is 2.36. The number of aromatic nitrogens is 1. The van der Waals surface area contributed by atoms with E-state index in [0.717, 1.165) is 17.7 Å². The number of likely N-dealkylation sites (N-methyl/N-ethyl adjacent to an activating group) is 1. The molecule has 0 fully saturated rings. The first-order valence-electron chi connectivity index (χ1n) is 7.01. The third-order valence-electron chi connectivity index (χ3n) is 2.88. The van der Waals surface area contributed by atoms with Gasteiger partial charge in [-0.1, -0.05) is 17.7 Å². The summed E-state index contributed by atoms with van der Waals surface area (Å²) in [5.41, 5.74) is 0.706. The van der Waals surface area contributed by atoms with Gasteiger partial charge in [-0.2, -0.15) is 0 Å². The summed E-state index contributed by atoms with van der Waals surface area (Å²) in [7, 11) is 4.00. The lowest BCUT2D eigenvalue weighted by Gasteiger charge is -2.15. The third-order valence-corrected chi connectivity index (χ3v) is 3.18. The Bertz CT molecular complexity index is 614. The van der Waals surface area contributed by atoms with Crippen molar-refractivity contribution in [1.82, 2.24) is 9.88 Å². The molecule has 4 nitrogen and oxygen atoms in total. The summed E-state index contributed by atoms with van der Waals surface area (Å²) >= 11 is 6.24. The standard InChI is InChI=1S/C16H21ClN2O2/c1-11(2)21-14-10-15(20-9-8-19(3)4)18-16-12(14)6-5-7-13(16)17/h5-7,10-11H,8-9H2,1-4H3. The van der Waals surface area contributed by atoms with Crippen LogP contribution in [0.2, 0.25) is 5.02 Å². The summed E-state index contributed by atoms with van der Waals surface area (Å²) in [6, 6.07) is 7.50. The lowest BCUT2D eigenvalue weighted by atomic mass is 10.2. The number of para-hydroxylation sites is 1. The number of halogens is 1. The zero-order valence-electron chi connectivity index (χ0n) is 12.9. The second kappa shape index (κ2) is 6.96. The van der Waals surface area contributed by atoms with Gasteiger partial charge in [0.15, 0.2) is 0 Å². The predicted octanol–water partition coefficient (Wildman–Crippen LogP) is 3.62. The molecule has 0 saturated carbocycles. The van der Waals surface area contributed by atoms with E-state index in [1.54, 1.807) is 0 Å². The average molecular weight is 309 g/mol. The van der Waals surface area contributed by atoms with Gasteiger partial charge in [0.05, 0.1) is 16.6 Å². The molecule has 2 aromatic rings. The molecule has 0 amide bonds. The molecular formula is C16H21ClN2O2. The van der Waals surface area contributed by atoms with E-state index < -0.39 is 0 Å². The summed E-state index contributed by atoms with van der Waals surface area (Å²) in [5.74, 6) is 1.28. The van der Waals surface area contributed by atoms with Crippen LogP contribution in [0.1, 0.15) is 13.8 Å². The van der Waals surface area contributed by atoms with Crippen molar-refractivity contribution in [3.05, 3.63) is 29.3 Å². The van der Waals surface area contributed by atoms with Crippen LogP contribution in [-0.2, 0) is 0 Å². The minimum atomic E-state index is 0.0733. The fraction of sp³-hybridized carbons (Fsp3) is 0.438. The molecule has 0 bridgehead atoms. The molecule has 1 aromatic carbocycles. The van der Waals surface area contributed by atoms with Gasteiger partial charge in [0.1, 0.15) is 12.4 Å². The second-order valence-electron chi connectivity index (χ2n) is 5.41. The molecular weight excluding hydrogens is 288 g/mol. The molecule has 0 aliphatic carbocycles. The van der Waals surface area contributed by atoms with Gasteiger partial charge < -0.3 is 14.4 Å². The van der Waals surface area contributed by atoms with Gasteiger partial charge in [-0.15, -0.1) is 0 Å². The minimum Gasteiger partial charge on any atom is -0.490 e. The van der Waals surface area contributed by atoms with Gasteiger partial charge >= 0.3 is 0 Å². The maximum Gasteiger partial charge on any atom is 0.217 e. The Morgan fingerprint density at radius 2 is 2.05 bits per heavy atom. The lowest BCUT2D eigenvalue weighted by molar-refractivity contribution is 0.237. The van der Waals surface area contributed by atoms with Gasteiger partial charge in [-0.25, -0.2) is 4.98 Å². The molecule has 0 aliphatic rings. The maximum atomic E-state index is 6.24. The Kier molecular flexibility index (Phi) is 5.26. The van der Waals surface area contributed by atoms with Crippen LogP contribution in [0, 0.1) is 0 Å². The van der Waals surface area contributed by atoms with Crippen LogP contribution in [0.25, 0.3) is 10.9 Å². The Labute approximate surface area is 130 Å². The highest BCUT2D eigenvalue weighted by Gasteiger charge is 2.11. The fourth-order valence-corrected chi connectivity index (χ4v) is 2.14. The van der Waals surface area contributed by atoms with Crippen LogP contribution in [0.15, 0.2) is 24.3 Å². The molecule has 0 aliphatic heterocycles. The highest BCUT2D eigenvalue weighted by Crippen LogP contribution is 2.33. The fourth-order valence-electron chi connectivity index (χ4n) is 1.92. The van der Waals surface area contributed by atoms with E-state index in [0.29, 0.717) is 23.0 Å². The van der Waals surface area contributed by atoms with Crippen molar-refractivity contribution in [1.29, 1.82) is 0 Å². The van der Waals surface area contributed by atoms with Crippen molar-refractivity contribution >= 4 is 22.5 Å². The number of hydrogen-bond acceptors (Lipinski definition) is 4. The van der Waals surface area contributed by atoms with E-state index in [9.17, 15) is 0 Å². The van der Waals surface area contributed by atoms with Gasteiger partial charge in [-0.05, 0) is 40.1 Å². The molecule has 21 heavy (non-hydrogen) atoms. The van der Waals surface area contributed by atoms with Crippen LogP contribution in [0.5, 0.6) is 11.6 Å². The average Bonchev–Trinajstić information content (AvgIpc) is 2.39. The second-order valence-corrected chi connectivity index (χ2v) is 5.82. The van der Waals surface area contributed by atoms with Gasteiger partial charge in [0, 0.05) is 18.0 Å². The van der Waals surface area contributed by atoms with Crippen molar-refractivity contribution in [3.8, 4) is 11.6 Å². The van der Waals surface area contributed by atoms with Gasteiger partial charge in [0.25, 0.3) is 0 Å². The molecule has 5 heteroatoms. The molecule has 0 N–H and O–H groups in total. The summed E-state index contributed by atoms with van der Waals surface area (Å²) in [4.78, 5) is 6.54. The van der Waals surface area contributed by atoms with Gasteiger partial charge in [-0.3, -0.25) is 0 Å². The van der Waals surface area contributed by atoms with Crippen LogP contribution in [-0.4, -0.2) is 43.2 Å². The predicted molar refractivity (Wildman–Crippen MR) is 86.6 cm³/mol. The highest BCUT2D eigenvalue weighted by atomic mass is 35.5. The van der Waals surface area contributed by atoms with E-state index in [1.165, 1.54) is 0 Å². The SMILES string of the molecule is CC(C)Oc1cc(OCCN(C)C)nc2c(Cl)cccc12. The van der Waals surface area contributed by atoms with Crippen molar-refractivity contribution in [2.75, 3.05) is 27.2 Å². The molecule has 1 heterocycles. The Morgan fingerprint density at radius 1 is 1.29 bits per heavy atom. The zero-order valence-corrected chi connectivity index (χ0v) is 13.6. The van der Waals surface area contributed by atoms with Gasteiger partial charge in [0.2, 0.25) is 5.88 Å². The van der Waals surface area contributed by atoms with Crippen molar-refractivity contribution in [2.45, 2.75) is 20.0 Å². The first kappa shape index (κ1) is 15.9. The normalized spacial score (nSPS) is 11.4. The first-order chi connectivity index (χ1) is 9.97. The van der Waals surface area contributed by atoms with Crippen LogP contribution in [0.3, 0.4) is 0 Å². The largest absolute Gasteiger partial charge is 0.490 e. The molecule has 0 atom stereocenters. The van der Waals surface area contributed by atoms with E-state index in [1.807, 2.05) is 52.2 Å². The summed E-state index contributed by atoms with van der Waals surface area (Å²) < 4.78 is 11.6. The number of nitrogens with zero attached hydrogens (tertiary/aromatic N) is 2. The highest BCUT2D eigenvalue weighted by molar-refractivity contribution is 6.35. The molecule has 0 saturated heterocycles. The molecule has 114 valence electrons. The van der Waals surface area contributed by atoms with Crippen molar-refractivity contribution in [2.24, 2.45) is 0 Å². The van der Waals surface area contributed by atoms with E-state index in [4.69, 9.17) is 21.1 Å². The molecule has 0 unspecified atom stereocenters. The summed E-state index contributed by atoms with van der Waals surface area (Å²) in [6.45, 7) is 5.37. The lowest BCUT2D eigenvalue weighted by Crippen LogP contribution is -2.19. The number of benzene rings is 1. The Morgan fingerprint density at radius 3 is 2.71 bits per heavy atom. The molecule has 1 aromatic heterocycles. The summed E-state index contributed by atoms with van der Waals surface area (Å²) in [6.07, 6.45) is 0.0733. The topological polar surface area (TPSA) is 34.6 Å². The van der Waals surface area contributed by atoms with E-state index >= 15 is 0 Å². The zero-order chi connectivity index (χ0) is 15.4. The smallest absolute Gasteiger partial charge is 0.217 e. The molecule has 0 spiro atoms. The van der Waals surface area contributed by atoms with Crippen LogP contribution in [0.4, 0.5) is 0 Å². The number of pyridine rings is 1. The van der Waals surface area contributed by atoms with Crippen LogP contribution < -0.4 is 9.47 Å². The minimum absolute atomic E-state index is 0.0733. The maximum absolute atomic E-state index is 6.24. The van der Waals surface area contributed by atoms with Crippen LogP contribution >= 0.6 is 11.6 Å². The number of hydrogen-bond donors (Lipinski definition) is 0. The van der Waals surface area contributed by atoms with Crippen molar-refractivity contribution < 1.29 is 9.47 Å². The molecule has 2 rings (SSSR count). The number of ether oxygens (including phenoxy) is 2. The first-order valence-corrected chi connectivity index (χ1v) is 7.38. The number of rotatable bonds is 6. The monoisotopic (exact) mass is 308 g/mol.